The van der Waals surface area contributed by atoms with Crippen LogP contribution < -0.4 is 16.2 Å². The molecule has 0 saturated carbocycles. The van der Waals surface area contributed by atoms with Gasteiger partial charge in [-0.25, -0.2) is 18.5 Å². The van der Waals surface area contributed by atoms with Gasteiger partial charge < -0.3 is 11.1 Å². The highest BCUT2D eigenvalue weighted by molar-refractivity contribution is 7.89. The number of nitrogens with one attached hydrogen (secondary N) is 1. The Labute approximate surface area is 132 Å². The van der Waals surface area contributed by atoms with Gasteiger partial charge in [-0.1, -0.05) is 11.6 Å². The first-order valence-electron chi connectivity index (χ1n) is 5.96. The molecule has 2 rings (SSSR count). The molecule has 5 N–H and O–H groups in total. The van der Waals surface area contributed by atoms with E-state index in [9.17, 15) is 8.42 Å². The fraction of sp³-hybridized carbons (Fsp3) is 0.0769. The maximum atomic E-state index is 11.2. The van der Waals surface area contributed by atoms with E-state index in [-0.39, 0.29) is 28.1 Å². The molecule has 1 heterocycles. The van der Waals surface area contributed by atoms with E-state index in [1.54, 1.807) is 0 Å². The van der Waals surface area contributed by atoms with Gasteiger partial charge in [-0.2, -0.15) is 4.98 Å². The summed E-state index contributed by atoms with van der Waals surface area (Å²) in [7, 11) is -3.74. The maximum absolute atomic E-state index is 11.2. The molecule has 0 aliphatic rings. The third-order valence-corrected chi connectivity index (χ3v) is 3.99. The molecule has 114 valence electrons. The summed E-state index contributed by atoms with van der Waals surface area (Å²) in [5.74, 6) is 2.74. The fourth-order valence-electron chi connectivity index (χ4n) is 1.64. The SMILES string of the molecule is C#CCc1nc(Nc2ccc(S(N)(=O)=O)cc2)nc(N)c1Cl. The van der Waals surface area contributed by atoms with Crippen molar-refractivity contribution in [2.45, 2.75) is 11.3 Å². The number of halogens is 1. The number of anilines is 3. The van der Waals surface area contributed by atoms with Crippen LogP contribution in [0.1, 0.15) is 5.69 Å². The number of nitrogens with zero attached hydrogens (tertiary/aromatic N) is 2. The molecule has 0 bridgehead atoms. The molecule has 0 unspecified atom stereocenters. The molecule has 0 saturated heterocycles. The molecule has 0 aliphatic carbocycles. The highest BCUT2D eigenvalue weighted by Gasteiger charge is 2.11. The number of primary sulfonamides is 1. The molecular weight excluding hydrogens is 326 g/mol. The number of sulfonamides is 1. The second-order valence-electron chi connectivity index (χ2n) is 4.27. The molecule has 0 atom stereocenters. The van der Waals surface area contributed by atoms with Gasteiger partial charge in [-0.15, -0.1) is 12.3 Å². The van der Waals surface area contributed by atoms with Crippen LogP contribution in [0, 0.1) is 12.3 Å². The van der Waals surface area contributed by atoms with Crippen molar-refractivity contribution in [2.24, 2.45) is 5.14 Å². The van der Waals surface area contributed by atoms with Gasteiger partial charge in [-0.05, 0) is 24.3 Å². The van der Waals surface area contributed by atoms with Crippen molar-refractivity contribution in [1.82, 2.24) is 9.97 Å². The number of terminal acetylenes is 1. The minimum atomic E-state index is -3.74. The zero-order chi connectivity index (χ0) is 16.3. The van der Waals surface area contributed by atoms with Crippen molar-refractivity contribution in [1.29, 1.82) is 0 Å². The van der Waals surface area contributed by atoms with Gasteiger partial charge in [0.1, 0.15) is 10.8 Å². The second kappa shape index (κ2) is 6.19. The quantitative estimate of drug-likeness (QED) is 0.722. The average molecular weight is 338 g/mol. The maximum Gasteiger partial charge on any atom is 0.238 e. The minimum absolute atomic E-state index is 0.00242. The van der Waals surface area contributed by atoms with Crippen LogP contribution >= 0.6 is 11.6 Å². The number of hydrogen-bond acceptors (Lipinski definition) is 6. The summed E-state index contributed by atoms with van der Waals surface area (Å²) in [6, 6.07) is 5.77. The first kappa shape index (κ1) is 16.0. The van der Waals surface area contributed by atoms with Gasteiger partial charge in [0.05, 0.1) is 17.0 Å². The Bertz CT molecular complexity index is 844. The Morgan fingerprint density at radius 1 is 1.27 bits per heavy atom. The third-order valence-electron chi connectivity index (χ3n) is 2.65. The summed E-state index contributed by atoms with van der Waals surface area (Å²) in [5.41, 5.74) is 6.69. The summed E-state index contributed by atoms with van der Waals surface area (Å²) in [6.07, 6.45) is 5.45. The predicted molar refractivity (Wildman–Crippen MR) is 85.1 cm³/mol. The van der Waals surface area contributed by atoms with Crippen molar-refractivity contribution >= 4 is 39.1 Å². The van der Waals surface area contributed by atoms with E-state index in [0.717, 1.165) is 0 Å². The first-order valence-corrected chi connectivity index (χ1v) is 7.89. The monoisotopic (exact) mass is 337 g/mol. The van der Waals surface area contributed by atoms with Crippen LogP contribution in [0.5, 0.6) is 0 Å². The molecular formula is C13H12ClN5O2S. The van der Waals surface area contributed by atoms with Crippen LogP contribution in [0.15, 0.2) is 29.2 Å². The van der Waals surface area contributed by atoms with E-state index in [1.165, 1.54) is 24.3 Å². The van der Waals surface area contributed by atoms with Crippen LogP contribution in [0.25, 0.3) is 0 Å². The molecule has 0 spiro atoms. The molecule has 9 heteroatoms. The highest BCUT2D eigenvalue weighted by Crippen LogP contribution is 2.24. The molecule has 7 nitrogen and oxygen atoms in total. The molecule has 1 aromatic carbocycles. The van der Waals surface area contributed by atoms with Crippen LogP contribution in [0.4, 0.5) is 17.5 Å². The van der Waals surface area contributed by atoms with E-state index in [4.69, 9.17) is 28.9 Å². The van der Waals surface area contributed by atoms with E-state index in [2.05, 4.69) is 21.2 Å². The topological polar surface area (TPSA) is 124 Å². The normalized spacial score (nSPS) is 11.0. The van der Waals surface area contributed by atoms with Gasteiger partial charge in [-0.3, -0.25) is 0 Å². The molecule has 0 radical (unpaired) electrons. The van der Waals surface area contributed by atoms with Gasteiger partial charge in [0.15, 0.2) is 0 Å². The van der Waals surface area contributed by atoms with Crippen molar-refractivity contribution in [2.75, 3.05) is 11.1 Å². The largest absolute Gasteiger partial charge is 0.382 e. The molecule has 22 heavy (non-hydrogen) atoms. The Kier molecular flexibility index (Phi) is 4.51. The van der Waals surface area contributed by atoms with Crippen LogP contribution in [-0.2, 0) is 16.4 Å². The third kappa shape index (κ3) is 3.65. The lowest BCUT2D eigenvalue weighted by atomic mass is 10.3. The standard InChI is InChI=1S/C13H12ClN5O2S/c1-2-3-10-11(14)12(15)19-13(18-10)17-8-4-6-9(7-5-8)22(16,20)21/h1,4-7H,3H2,(H2,16,20,21)(H3,15,17,18,19). The summed E-state index contributed by atoms with van der Waals surface area (Å²) < 4.78 is 22.4. The van der Waals surface area contributed by atoms with Crippen molar-refractivity contribution < 1.29 is 8.42 Å². The predicted octanol–water partition coefficient (Wildman–Crippen LogP) is 1.28. The molecule has 0 amide bonds. The van der Waals surface area contributed by atoms with Gasteiger partial charge in [0.2, 0.25) is 16.0 Å². The van der Waals surface area contributed by atoms with Crippen molar-refractivity contribution in [3.63, 3.8) is 0 Å². The summed E-state index contributed by atoms with van der Waals surface area (Å²) >= 11 is 5.96. The van der Waals surface area contributed by atoms with Crippen molar-refractivity contribution in [3.05, 3.63) is 35.0 Å². The Morgan fingerprint density at radius 2 is 1.91 bits per heavy atom. The number of aromatic nitrogens is 2. The molecule has 2 aromatic rings. The Hall–Kier alpha value is -2.34. The highest BCUT2D eigenvalue weighted by atomic mass is 35.5. The lowest BCUT2D eigenvalue weighted by Crippen LogP contribution is -2.12. The van der Waals surface area contributed by atoms with Gasteiger partial charge in [0, 0.05) is 5.69 Å². The second-order valence-corrected chi connectivity index (χ2v) is 6.21. The number of nitrogen functional groups attached to an aromatic ring is 1. The lowest BCUT2D eigenvalue weighted by Gasteiger charge is -2.09. The van der Waals surface area contributed by atoms with E-state index < -0.39 is 10.0 Å². The number of hydrogen-bond donors (Lipinski definition) is 3. The Morgan fingerprint density at radius 3 is 2.45 bits per heavy atom. The van der Waals surface area contributed by atoms with Gasteiger partial charge >= 0.3 is 0 Å². The van der Waals surface area contributed by atoms with Gasteiger partial charge in [0.25, 0.3) is 0 Å². The summed E-state index contributed by atoms with van der Waals surface area (Å²) in [4.78, 5) is 8.17. The van der Waals surface area contributed by atoms with Crippen LogP contribution in [0.3, 0.4) is 0 Å². The smallest absolute Gasteiger partial charge is 0.238 e. The average Bonchev–Trinajstić information content (AvgIpc) is 2.44. The summed E-state index contributed by atoms with van der Waals surface area (Å²) in [5, 5.41) is 8.13. The van der Waals surface area contributed by atoms with Crippen LogP contribution in [-0.4, -0.2) is 18.4 Å². The number of nitrogens with two attached hydrogens (primary N) is 2. The zero-order valence-electron chi connectivity index (χ0n) is 11.2. The Balaban J connectivity index is 2.29. The van der Waals surface area contributed by atoms with Crippen molar-refractivity contribution in [3.8, 4) is 12.3 Å². The van der Waals surface area contributed by atoms with E-state index >= 15 is 0 Å². The minimum Gasteiger partial charge on any atom is -0.382 e. The zero-order valence-corrected chi connectivity index (χ0v) is 12.8. The number of rotatable bonds is 4. The molecule has 0 aliphatic heterocycles. The van der Waals surface area contributed by atoms with Crippen LogP contribution in [0.2, 0.25) is 5.02 Å². The summed E-state index contributed by atoms with van der Waals surface area (Å²) in [6.45, 7) is 0. The van der Waals surface area contributed by atoms with E-state index in [1.807, 2.05) is 0 Å². The van der Waals surface area contributed by atoms with E-state index in [0.29, 0.717) is 11.4 Å². The number of benzene rings is 1. The first-order chi connectivity index (χ1) is 10.3. The lowest BCUT2D eigenvalue weighted by molar-refractivity contribution is 0.598. The fourth-order valence-corrected chi connectivity index (χ4v) is 2.31. The molecule has 1 aromatic heterocycles. The molecule has 0 fully saturated rings.